The van der Waals surface area contributed by atoms with Gasteiger partial charge in [0.15, 0.2) is 0 Å². The standard InChI is InChI=1S/C31H31N7O2/c1-19-6-4-7-26(36-19)40-21-11-9-20(10-12-21)28-25(37(3)31-29(28)30(32)34-18-35-31)14-13-22-23-16-38(17-24(22)23)27(39)8-5-15-33-2/h4-12,18,22-24,33H,15-17H2,1-3H3,(H2,32,34,35)/b8-5+/t22-,23-,24+. The summed E-state index contributed by atoms with van der Waals surface area (Å²) in [6.07, 6.45) is 4.99. The number of benzene rings is 1. The topological polar surface area (TPSA) is 111 Å². The maximum absolute atomic E-state index is 12.4. The van der Waals surface area contributed by atoms with E-state index >= 15 is 0 Å². The van der Waals surface area contributed by atoms with E-state index in [1.54, 1.807) is 6.08 Å². The van der Waals surface area contributed by atoms with Gasteiger partial charge < -0.3 is 25.3 Å². The predicted octanol–water partition coefficient (Wildman–Crippen LogP) is 3.54. The summed E-state index contributed by atoms with van der Waals surface area (Å²) >= 11 is 0. The van der Waals surface area contributed by atoms with E-state index in [2.05, 4.69) is 32.1 Å². The Kier molecular flexibility index (Phi) is 6.70. The lowest BCUT2D eigenvalue weighted by molar-refractivity contribution is -0.125. The number of amides is 1. The molecule has 4 heterocycles. The van der Waals surface area contributed by atoms with Crippen molar-refractivity contribution in [2.45, 2.75) is 6.92 Å². The number of hydrogen-bond acceptors (Lipinski definition) is 7. The molecule has 40 heavy (non-hydrogen) atoms. The molecule has 1 saturated heterocycles. The summed E-state index contributed by atoms with van der Waals surface area (Å²) in [5.41, 5.74) is 10.7. The summed E-state index contributed by atoms with van der Waals surface area (Å²) in [7, 11) is 3.81. The first-order chi connectivity index (χ1) is 19.4. The van der Waals surface area contributed by atoms with Crippen LogP contribution >= 0.6 is 0 Å². The number of rotatable bonds is 6. The molecule has 2 fully saturated rings. The van der Waals surface area contributed by atoms with E-state index in [4.69, 9.17) is 10.5 Å². The third kappa shape index (κ3) is 4.78. The van der Waals surface area contributed by atoms with Crippen molar-refractivity contribution in [1.82, 2.24) is 29.7 Å². The molecule has 3 atom stereocenters. The molecular weight excluding hydrogens is 502 g/mol. The highest BCUT2D eigenvalue weighted by Crippen LogP contribution is 2.51. The Hall–Kier alpha value is -4.68. The number of aromatic nitrogens is 4. The number of piperidine rings is 1. The molecule has 0 radical (unpaired) electrons. The minimum absolute atomic E-state index is 0.0739. The number of pyridine rings is 1. The average molecular weight is 534 g/mol. The maximum atomic E-state index is 12.4. The molecule has 3 aromatic heterocycles. The van der Waals surface area contributed by atoms with Gasteiger partial charge in [0.2, 0.25) is 11.8 Å². The second-order valence-electron chi connectivity index (χ2n) is 10.3. The van der Waals surface area contributed by atoms with E-state index in [1.807, 2.05) is 79.0 Å². The molecule has 2 aliphatic rings. The Morgan fingerprint density at radius 1 is 1.18 bits per heavy atom. The highest BCUT2D eigenvalue weighted by atomic mass is 16.5. The fourth-order valence-electron chi connectivity index (χ4n) is 5.54. The number of hydrogen-bond donors (Lipinski definition) is 2. The van der Waals surface area contributed by atoms with Gasteiger partial charge in [-0.05, 0) is 55.5 Å². The number of anilines is 1. The van der Waals surface area contributed by atoms with Gasteiger partial charge in [0.25, 0.3) is 0 Å². The zero-order chi connectivity index (χ0) is 27.8. The van der Waals surface area contributed by atoms with Crippen LogP contribution in [-0.2, 0) is 11.8 Å². The fraction of sp³-hybridized carbons (Fsp3) is 0.290. The van der Waals surface area contributed by atoms with Crippen molar-refractivity contribution in [2.24, 2.45) is 24.8 Å². The molecule has 1 aliphatic heterocycles. The lowest BCUT2D eigenvalue weighted by Gasteiger charge is -2.16. The molecule has 9 nitrogen and oxygen atoms in total. The number of nitrogens with two attached hydrogens (primary N) is 1. The van der Waals surface area contributed by atoms with E-state index in [0.717, 1.165) is 46.6 Å². The van der Waals surface area contributed by atoms with Gasteiger partial charge in [0.05, 0.1) is 5.39 Å². The van der Waals surface area contributed by atoms with Crippen molar-refractivity contribution in [3.05, 3.63) is 72.3 Å². The Bertz CT molecular complexity index is 1670. The number of carbonyl (C=O) groups excluding carboxylic acids is 1. The largest absolute Gasteiger partial charge is 0.439 e. The molecule has 3 N–H and O–H groups in total. The van der Waals surface area contributed by atoms with Crippen LogP contribution in [0.1, 0.15) is 11.4 Å². The van der Waals surface area contributed by atoms with Gasteiger partial charge in [-0.3, -0.25) is 4.79 Å². The van der Waals surface area contributed by atoms with Crippen LogP contribution in [0.15, 0.2) is 60.9 Å². The van der Waals surface area contributed by atoms with Crippen molar-refractivity contribution in [1.29, 1.82) is 0 Å². The third-order valence-corrected chi connectivity index (χ3v) is 7.67. The SMILES string of the molecule is CNC/C=C/C(=O)N1C[C@@H]2[C@@H](C#Cc3c(-c4ccc(Oc5cccc(C)n5)cc4)c4c(N)ncnc4n3C)[C@@H]2C1. The van der Waals surface area contributed by atoms with Crippen LogP contribution in [0.25, 0.3) is 22.2 Å². The molecule has 1 aromatic carbocycles. The number of likely N-dealkylation sites (tertiary alicyclic amines) is 1. The number of aryl methyl sites for hydroxylation is 2. The van der Waals surface area contributed by atoms with Gasteiger partial charge in [-0.25, -0.2) is 15.0 Å². The molecule has 1 aliphatic carbocycles. The molecule has 6 rings (SSSR count). The van der Waals surface area contributed by atoms with Crippen LogP contribution < -0.4 is 15.8 Å². The van der Waals surface area contributed by atoms with Gasteiger partial charge in [-0.1, -0.05) is 30.2 Å². The minimum Gasteiger partial charge on any atom is -0.439 e. The number of ether oxygens (including phenoxy) is 1. The van der Waals surface area contributed by atoms with Crippen LogP contribution in [0, 0.1) is 36.5 Å². The van der Waals surface area contributed by atoms with Crippen LogP contribution in [0.3, 0.4) is 0 Å². The van der Waals surface area contributed by atoms with Crippen molar-refractivity contribution in [3.63, 3.8) is 0 Å². The normalized spacial score (nSPS) is 19.5. The summed E-state index contributed by atoms with van der Waals surface area (Å²) < 4.78 is 7.93. The Morgan fingerprint density at radius 3 is 2.67 bits per heavy atom. The van der Waals surface area contributed by atoms with E-state index in [9.17, 15) is 4.79 Å². The summed E-state index contributed by atoms with van der Waals surface area (Å²) in [6, 6.07) is 13.5. The fourth-order valence-corrected chi connectivity index (χ4v) is 5.54. The summed E-state index contributed by atoms with van der Waals surface area (Å²) in [5.74, 6) is 9.80. The lowest BCUT2D eigenvalue weighted by atomic mass is 10.0. The van der Waals surface area contributed by atoms with Gasteiger partial charge in [0.1, 0.15) is 29.2 Å². The van der Waals surface area contributed by atoms with Crippen LogP contribution in [0.5, 0.6) is 11.6 Å². The zero-order valence-electron chi connectivity index (χ0n) is 22.8. The van der Waals surface area contributed by atoms with E-state index in [0.29, 0.717) is 35.8 Å². The zero-order valence-corrected chi connectivity index (χ0v) is 22.8. The van der Waals surface area contributed by atoms with Crippen LogP contribution in [0.2, 0.25) is 0 Å². The molecule has 0 bridgehead atoms. The van der Waals surface area contributed by atoms with Crippen LogP contribution in [0.4, 0.5) is 5.82 Å². The number of nitrogen functional groups attached to an aromatic ring is 1. The van der Waals surface area contributed by atoms with Crippen molar-refractivity contribution in [2.75, 3.05) is 32.4 Å². The number of likely N-dealkylation sites (N-methyl/N-ethyl adjacent to an activating group) is 1. The molecule has 1 saturated carbocycles. The second kappa shape index (κ2) is 10.5. The summed E-state index contributed by atoms with van der Waals surface area (Å²) in [4.78, 5) is 27.5. The molecule has 4 aromatic rings. The van der Waals surface area contributed by atoms with E-state index in [-0.39, 0.29) is 11.8 Å². The minimum atomic E-state index is 0.0739. The Balaban J connectivity index is 1.27. The molecular formula is C31H31N7O2. The van der Waals surface area contributed by atoms with Gasteiger partial charge in [-0.15, -0.1) is 0 Å². The van der Waals surface area contributed by atoms with Gasteiger partial charge in [0, 0.05) is 56.0 Å². The first-order valence-corrected chi connectivity index (χ1v) is 13.4. The van der Waals surface area contributed by atoms with Crippen molar-refractivity contribution in [3.8, 4) is 34.6 Å². The van der Waals surface area contributed by atoms with E-state index in [1.165, 1.54) is 6.33 Å². The predicted molar refractivity (Wildman–Crippen MR) is 154 cm³/mol. The Labute approximate surface area is 233 Å². The smallest absolute Gasteiger partial charge is 0.246 e. The molecule has 9 heteroatoms. The van der Waals surface area contributed by atoms with Gasteiger partial charge >= 0.3 is 0 Å². The summed E-state index contributed by atoms with van der Waals surface area (Å²) in [6.45, 7) is 4.12. The third-order valence-electron chi connectivity index (χ3n) is 7.67. The quantitative estimate of drug-likeness (QED) is 0.288. The number of fused-ring (bicyclic) bond motifs is 2. The second-order valence-corrected chi connectivity index (χ2v) is 10.3. The summed E-state index contributed by atoms with van der Waals surface area (Å²) in [5, 5.41) is 3.80. The first-order valence-electron chi connectivity index (χ1n) is 13.4. The maximum Gasteiger partial charge on any atom is 0.246 e. The van der Waals surface area contributed by atoms with Crippen LogP contribution in [-0.4, -0.2) is 57.0 Å². The number of nitrogens with zero attached hydrogens (tertiary/aromatic N) is 5. The lowest BCUT2D eigenvalue weighted by Crippen LogP contribution is -2.30. The molecule has 202 valence electrons. The molecule has 0 unspecified atom stereocenters. The monoisotopic (exact) mass is 533 g/mol. The molecule has 1 amide bonds. The number of nitrogens with one attached hydrogen (secondary N) is 1. The first kappa shape index (κ1) is 25.6. The van der Waals surface area contributed by atoms with Crippen molar-refractivity contribution >= 4 is 22.8 Å². The highest BCUT2D eigenvalue weighted by Gasteiger charge is 2.55. The Morgan fingerprint density at radius 2 is 1.95 bits per heavy atom. The average Bonchev–Trinajstić information content (AvgIpc) is 3.25. The number of carbonyl (C=O) groups is 1. The van der Waals surface area contributed by atoms with Crippen molar-refractivity contribution < 1.29 is 9.53 Å². The molecule has 0 spiro atoms. The van der Waals surface area contributed by atoms with Gasteiger partial charge in [-0.2, -0.15) is 0 Å². The highest BCUT2D eigenvalue weighted by molar-refractivity contribution is 6.03. The van der Waals surface area contributed by atoms with E-state index < -0.39 is 0 Å².